The third kappa shape index (κ3) is 5.24. The van der Waals surface area contributed by atoms with Crippen LogP contribution in [0.15, 0.2) is 30.3 Å². The summed E-state index contributed by atoms with van der Waals surface area (Å²) in [4.78, 5) is 35.7. The van der Waals surface area contributed by atoms with E-state index in [1.54, 1.807) is 0 Å². The van der Waals surface area contributed by atoms with Gasteiger partial charge in [0.15, 0.2) is 5.40 Å². The van der Waals surface area contributed by atoms with Gasteiger partial charge in [0.25, 0.3) is 0 Å². The van der Waals surface area contributed by atoms with Crippen LogP contribution in [0.2, 0.25) is 0 Å². The average molecular weight is 312 g/mol. The van der Waals surface area contributed by atoms with Crippen molar-refractivity contribution < 1.29 is 28.7 Å². The molecule has 0 atom stereocenters. The topological polar surface area (TPSA) is 115 Å². The molecule has 0 fully saturated rings. The zero-order valence-electron chi connectivity index (χ0n) is 9.29. The molecule has 0 saturated heterocycles. The Hall–Kier alpha value is -0.130. The highest BCUT2D eigenvalue weighted by Crippen LogP contribution is 2.60. The van der Waals surface area contributed by atoms with E-state index in [0.29, 0.717) is 5.75 Å². The minimum absolute atomic E-state index is 0.288. The number of hydrogen-bond donors (Lipinski definition) is 4. The van der Waals surface area contributed by atoms with Crippen LogP contribution in [0.1, 0.15) is 5.56 Å². The summed E-state index contributed by atoms with van der Waals surface area (Å²) in [5.41, 5.74) is 0.928. The van der Waals surface area contributed by atoms with Crippen LogP contribution in [0.4, 0.5) is 0 Å². The lowest BCUT2D eigenvalue weighted by Gasteiger charge is -2.18. The highest BCUT2D eigenvalue weighted by atomic mass is 32.2. The fourth-order valence-electron chi connectivity index (χ4n) is 1.25. The quantitative estimate of drug-likeness (QED) is 0.590. The fourth-order valence-corrected chi connectivity index (χ4v) is 5.76. The second kappa shape index (κ2) is 6.35. The molecule has 0 saturated carbocycles. The second-order valence-electron chi connectivity index (χ2n) is 3.66. The van der Waals surface area contributed by atoms with Crippen LogP contribution in [0.25, 0.3) is 0 Å². The van der Waals surface area contributed by atoms with E-state index in [2.05, 4.69) is 0 Å². The maximum absolute atomic E-state index is 11.0. The van der Waals surface area contributed by atoms with E-state index in [4.69, 9.17) is 19.6 Å². The molecule has 0 aromatic heterocycles. The lowest BCUT2D eigenvalue weighted by Crippen LogP contribution is -2.12. The molecule has 0 aliphatic heterocycles. The smallest absolute Gasteiger partial charge is 0.324 e. The van der Waals surface area contributed by atoms with Gasteiger partial charge >= 0.3 is 15.2 Å². The van der Waals surface area contributed by atoms with Crippen LogP contribution in [0.3, 0.4) is 0 Å². The maximum atomic E-state index is 11.0. The number of rotatable bonds is 6. The molecule has 1 aromatic rings. The maximum Gasteiger partial charge on any atom is 0.341 e. The minimum atomic E-state index is -4.80. The van der Waals surface area contributed by atoms with Crippen LogP contribution in [0.5, 0.6) is 0 Å². The van der Waals surface area contributed by atoms with E-state index < -0.39 is 20.6 Å². The molecule has 6 nitrogen and oxygen atoms in total. The van der Waals surface area contributed by atoms with Crippen LogP contribution in [-0.4, -0.2) is 30.7 Å². The Morgan fingerprint density at radius 3 is 1.94 bits per heavy atom. The van der Waals surface area contributed by atoms with Crippen LogP contribution >= 0.6 is 27.0 Å². The molecule has 9 heteroatoms. The van der Waals surface area contributed by atoms with Crippen molar-refractivity contribution in [3.05, 3.63) is 35.9 Å². The molecule has 1 rings (SSSR count). The van der Waals surface area contributed by atoms with Crippen molar-refractivity contribution in [2.24, 2.45) is 0 Å². The Balaban J connectivity index is 2.60. The molecule has 0 aliphatic carbocycles. The molecular formula is C9H14O6P2S. The molecule has 0 radical (unpaired) electrons. The van der Waals surface area contributed by atoms with Crippen molar-refractivity contribution in [2.45, 2.75) is 11.2 Å². The molecule has 0 amide bonds. The van der Waals surface area contributed by atoms with E-state index in [1.807, 2.05) is 30.3 Å². The minimum Gasteiger partial charge on any atom is -0.324 e. The fraction of sp³-hybridized carbons (Fsp3) is 0.333. The molecule has 1 aromatic carbocycles. The Morgan fingerprint density at radius 1 is 1.00 bits per heavy atom. The predicted octanol–water partition coefficient (Wildman–Crippen LogP) is 1.60. The van der Waals surface area contributed by atoms with Gasteiger partial charge in [0.05, 0.1) is 0 Å². The predicted molar refractivity (Wildman–Crippen MR) is 70.5 cm³/mol. The normalized spacial score (nSPS) is 12.9. The molecule has 0 bridgehead atoms. The SMILES string of the molecule is O=P(O)(O)C(CSCc1ccccc1)P(=O)(O)O. The van der Waals surface area contributed by atoms with E-state index in [1.165, 1.54) is 0 Å². The van der Waals surface area contributed by atoms with E-state index >= 15 is 0 Å². The van der Waals surface area contributed by atoms with Crippen LogP contribution < -0.4 is 0 Å². The van der Waals surface area contributed by atoms with Crippen molar-refractivity contribution in [1.82, 2.24) is 0 Å². The summed E-state index contributed by atoms with van der Waals surface area (Å²) in [6.45, 7) is 0. The lowest BCUT2D eigenvalue weighted by molar-refractivity contribution is 0.343. The molecule has 18 heavy (non-hydrogen) atoms. The first-order valence-corrected chi connectivity index (χ1v) is 9.45. The monoisotopic (exact) mass is 312 g/mol. The molecule has 0 spiro atoms. The third-order valence-electron chi connectivity index (χ3n) is 2.15. The van der Waals surface area contributed by atoms with Gasteiger partial charge in [-0.25, -0.2) is 0 Å². The first-order valence-electron chi connectivity index (χ1n) is 4.93. The van der Waals surface area contributed by atoms with Gasteiger partial charge in [0, 0.05) is 11.5 Å². The Morgan fingerprint density at radius 2 is 1.50 bits per heavy atom. The first-order chi connectivity index (χ1) is 8.21. The number of benzene rings is 1. The second-order valence-corrected chi connectivity index (χ2v) is 8.70. The standard InChI is InChI=1S/C9H14O6P2S/c10-16(11,12)9(17(13,14)15)7-18-6-8-4-2-1-3-5-8/h1-5,9H,6-7H2,(H2,10,11,12)(H2,13,14,15). The number of thioether (sulfide) groups is 1. The van der Waals surface area contributed by atoms with Crippen LogP contribution in [0, 0.1) is 0 Å². The van der Waals surface area contributed by atoms with E-state index in [0.717, 1.165) is 17.3 Å². The Labute approximate surface area is 109 Å². The molecule has 102 valence electrons. The van der Waals surface area contributed by atoms with Crippen molar-refractivity contribution in [3.63, 3.8) is 0 Å². The number of hydrogen-bond acceptors (Lipinski definition) is 3. The summed E-state index contributed by atoms with van der Waals surface area (Å²) in [7, 11) is -9.61. The molecule has 0 aliphatic rings. The summed E-state index contributed by atoms with van der Waals surface area (Å²) >= 11 is 1.08. The first kappa shape index (κ1) is 15.9. The average Bonchev–Trinajstić information content (AvgIpc) is 2.22. The van der Waals surface area contributed by atoms with Gasteiger partial charge in [0.1, 0.15) is 0 Å². The van der Waals surface area contributed by atoms with Gasteiger partial charge in [-0.15, -0.1) is 0 Å². The van der Waals surface area contributed by atoms with E-state index in [9.17, 15) is 9.13 Å². The summed E-state index contributed by atoms with van der Waals surface area (Å²) in [6.07, 6.45) is 0. The highest BCUT2D eigenvalue weighted by Gasteiger charge is 2.42. The van der Waals surface area contributed by atoms with Gasteiger partial charge in [-0.3, -0.25) is 9.13 Å². The Bertz CT molecular complexity index is 445. The molecule has 0 unspecified atom stereocenters. The molecular weight excluding hydrogens is 298 g/mol. The van der Waals surface area contributed by atoms with E-state index in [-0.39, 0.29) is 5.75 Å². The van der Waals surface area contributed by atoms with Crippen molar-refractivity contribution in [2.75, 3.05) is 5.75 Å². The van der Waals surface area contributed by atoms with Crippen molar-refractivity contribution in [1.29, 1.82) is 0 Å². The summed E-state index contributed by atoms with van der Waals surface area (Å²) in [5.74, 6) is 0.154. The lowest BCUT2D eigenvalue weighted by atomic mass is 10.2. The summed E-state index contributed by atoms with van der Waals surface area (Å²) in [6, 6.07) is 9.13. The van der Waals surface area contributed by atoms with Gasteiger partial charge in [-0.05, 0) is 5.56 Å². The van der Waals surface area contributed by atoms with Gasteiger partial charge in [-0.2, -0.15) is 11.8 Å². The van der Waals surface area contributed by atoms with Crippen molar-refractivity contribution >= 4 is 27.0 Å². The molecule has 4 N–H and O–H groups in total. The Kier molecular flexibility index (Phi) is 5.62. The largest absolute Gasteiger partial charge is 0.341 e. The highest BCUT2D eigenvalue weighted by molar-refractivity contribution is 7.99. The molecule has 0 heterocycles. The van der Waals surface area contributed by atoms with Gasteiger partial charge in [-0.1, -0.05) is 30.3 Å². The summed E-state index contributed by atoms with van der Waals surface area (Å²) < 4.78 is 22.0. The third-order valence-corrected chi connectivity index (χ3v) is 7.48. The van der Waals surface area contributed by atoms with Crippen LogP contribution in [-0.2, 0) is 14.9 Å². The van der Waals surface area contributed by atoms with Crippen molar-refractivity contribution in [3.8, 4) is 0 Å². The zero-order valence-corrected chi connectivity index (χ0v) is 11.9. The zero-order chi connectivity index (χ0) is 13.8. The van der Waals surface area contributed by atoms with Gasteiger partial charge in [0.2, 0.25) is 0 Å². The van der Waals surface area contributed by atoms with Gasteiger partial charge < -0.3 is 19.6 Å². The summed E-state index contributed by atoms with van der Waals surface area (Å²) in [5, 5.41) is -1.93.